The highest BCUT2D eigenvalue weighted by atomic mass is 35.5. The number of alkyl halides is 1. The van der Waals surface area contributed by atoms with Crippen molar-refractivity contribution in [1.29, 1.82) is 0 Å². The van der Waals surface area contributed by atoms with Gasteiger partial charge in [0.05, 0.1) is 11.5 Å². The van der Waals surface area contributed by atoms with Crippen LogP contribution in [0.25, 0.3) is 0 Å². The van der Waals surface area contributed by atoms with Gasteiger partial charge in [0, 0.05) is 12.6 Å². The van der Waals surface area contributed by atoms with E-state index in [0.29, 0.717) is 18.9 Å². The Morgan fingerprint density at radius 3 is 2.61 bits per heavy atom. The number of rotatable bonds is 9. The molecule has 0 heterocycles. The summed E-state index contributed by atoms with van der Waals surface area (Å²) >= 11 is 6.00. The number of hydrogen-bond donors (Lipinski definition) is 2. The molecular formula is C14H26ClNO2. The van der Waals surface area contributed by atoms with Crippen molar-refractivity contribution in [3.8, 4) is 0 Å². The second-order valence-corrected chi connectivity index (χ2v) is 5.51. The maximum absolute atomic E-state index is 11.4. The molecule has 0 aromatic heterocycles. The van der Waals surface area contributed by atoms with Crippen LogP contribution < -0.4 is 5.32 Å². The first kappa shape index (κ1) is 17.5. The number of hydrogen-bond acceptors (Lipinski definition) is 2. The zero-order chi connectivity index (χ0) is 14.0. The first-order valence-electron chi connectivity index (χ1n) is 6.75. The van der Waals surface area contributed by atoms with Gasteiger partial charge in [-0.1, -0.05) is 46.1 Å². The summed E-state index contributed by atoms with van der Waals surface area (Å²) in [5.41, 5.74) is 0. The normalized spacial score (nSPS) is 15.0. The number of halogens is 1. The fourth-order valence-electron chi connectivity index (χ4n) is 1.43. The molecule has 0 aromatic rings. The van der Waals surface area contributed by atoms with E-state index in [-0.39, 0.29) is 5.91 Å². The predicted octanol–water partition coefficient (Wildman–Crippen LogP) is 2.86. The molecule has 0 bridgehead atoms. The highest BCUT2D eigenvalue weighted by Gasteiger charge is 2.13. The van der Waals surface area contributed by atoms with Gasteiger partial charge in [-0.25, -0.2) is 0 Å². The molecule has 0 aliphatic rings. The summed E-state index contributed by atoms with van der Waals surface area (Å²) in [5, 5.41) is 12.0. The topological polar surface area (TPSA) is 49.3 Å². The highest BCUT2D eigenvalue weighted by Crippen LogP contribution is 2.12. The maximum atomic E-state index is 11.4. The molecule has 3 nitrogen and oxygen atoms in total. The summed E-state index contributed by atoms with van der Waals surface area (Å²) in [4.78, 5) is 11.4. The Kier molecular flexibility index (Phi) is 10.1. The quantitative estimate of drug-likeness (QED) is 0.386. The molecule has 0 aliphatic carbocycles. The Morgan fingerprint density at radius 2 is 2.06 bits per heavy atom. The Morgan fingerprint density at radius 1 is 1.39 bits per heavy atom. The zero-order valence-electron chi connectivity index (χ0n) is 11.7. The molecule has 2 atom stereocenters. The third-order valence-corrected chi connectivity index (χ3v) is 3.02. The van der Waals surface area contributed by atoms with Crippen LogP contribution in [0.1, 0.15) is 46.5 Å². The summed E-state index contributed by atoms with van der Waals surface area (Å²) in [6.45, 7) is 6.83. The number of carbonyl (C=O) groups is 1. The van der Waals surface area contributed by atoms with E-state index in [1.807, 2.05) is 13.8 Å². The molecule has 2 N–H and O–H groups in total. The number of aliphatic hydroxyl groups is 1. The molecular weight excluding hydrogens is 250 g/mol. The molecule has 0 fully saturated rings. The molecule has 1 amide bonds. The Labute approximate surface area is 116 Å². The molecule has 0 spiro atoms. The van der Waals surface area contributed by atoms with Crippen molar-refractivity contribution >= 4 is 17.5 Å². The van der Waals surface area contributed by atoms with Crippen molar-refractivity contribution < 1.29 is 9.90 Å². The van der Waals surface area contributed by atoms with Gasteiger partial charge in [0.2, 0.25) is 5.91 Å². The smallest absolute Gasteiger partial charge is 0.243 e. The van der Waals surface area contributed by atoms with Crippen molar-refractivity contribution in [3.05, 3.63) is 12.2 Å². The molecule has 2 unspecified atom stereocenters. The minimum absolute atomic E-state index is 0.157. The van der Waals surface area contributed by atoms with Crippen LogP contribution in [0.5, 0.6) is 0 Å². The van der Waals surface area contributed by atoms with E-state index in [1.54, 1.807) is 6.08 Å². The zero-order valence-corrected chi connectivity index (χ0v) is 12.4. The minimum Gasteiger partial charge on any atom is -0.391 e. The van der Waals surface area contributed by atoms with Crippen LogP contribution in [0.15, 0.2) is 12.2 Å². The van der Waals surface area contributed by atoms with Crippen molar-refractivity contribution in [2.75, 3.05) is 6.54 Å². The van der Waals surface area contributed by atoms with Gasteiger partial charge < -0.3 is 10.4 Å². The lowest BCUT2D eigenvalue weighted by atomic mass is 10.1. The molecule has 0 saturated carbocycles. The number of aliphatic hydroxyl groups excluding tert-OH is 1. The van der Waals surface area contributed by atoms with Gasteiger partial charge in [0.25, 0.3) is 0 Å². The van der Waals surface area contributed by atoms with Crippen molar-refractivity contribution in [2.24, 2.45) is 5.92 Å². The van der Waals surface area contributed by atoms with E-state index in [9.17, 15) is 9.90 Å². The van der Waals surface area contributed by atoms with Crippen LogP contribution in [0, 0.1) is 5.92 Å². The van der Waals surface area contributed by atoms with Crippen molar-refractivity contribution in [3.63, 3.8) is 0 Å². The summed E-state index contributed by atoms with van der Waals surface area (Å²) in [7, 11) is 0. The second-order valence-electron chi connectivity index (χ2n) is 5.01. The Hall–Kier alpha value is -0.540. The lowest BCUT2D eigenvalue weighted by Crippen LogP contribution is -2.26. The third kappa shape index (κ3) is 9.49. The number of nitrogens with one attached hydrogen (secondary N) is 1. The molecule has 0 rings (SSSR count). The Balaban J connectivity index is 3.89. The minimum atomic E-state index is -0.577. The lowest BCUT2D eigenvalue weighted by Gasteiger charge is -2.13. The van der Waals surface area contributed by atoms with Gasteiger partial charge in [-0.2, -0.15) is 0 Å². The number of unbranched alkanes of at least 4 members (excludes halogenated alkanes) is 2. The van der Waals surface area contributed by atoms with Crippen LogP contribution in [0.4, 0.5) is 0 Å². The third-order valence-electron chi connectivity index (χ3n) is 2.59. The highest BCUT2D eigenvalue weighted by molar-refractivity contribution is 6.22. The van der Waals surface area contributed by atoms with Gasteiger partial charge in [-0.3, -0.25) is 4.79 Å². The van der Waals surface area contributed by atoms with Gasteiger partial charge in [0.1, 0.15) is 0 Å². The van der Waals surface area contributed by atoms with Gasteiger partial charge in [-0.05, 0) is 12.3 Å². The average molecular weight is 276 g/mol. The fraction of sp³-hybridized carbons (Fsp3) is 0.786. The Bertz CT molecular complexity index is 254. The molecule has 0 saturated heterocycles. The van der Waals surface area contributed by atoms with Crippen LogP contribution in [-0.4, -0.2) is 29.0 Å². The lowest BCUT2D eigenvalue weighted by molar-refractivity contribution is -0.116. The van der Waals surface area contributed by atoms with Crippen LogP contribution in [0.3, 0.4) is 0 Å². The molecule has 0 aliphatic heterocycles. The van der Waals surface area contributed by atoms with E-state index >= 15 is 0 Å². The van der Waals surface area contributed by atoms with Crippen molar-refractivity contribution in [2.45, 2.75) is 57.9 Å². The monoisotopic (exact) mass is 275 g/mol. The molecule has 0 radical (unpaired) electrons. The van der Waals surface area contributed by atoms with Crippen molar-refractivity contribution in [1.82, 2.24) is 5.32 Å². The van der Waals surface area contributed by atoms with E-state index in [2.05, 4.69) is 12.2 Å². The molecule has 18 heavy (non-hydrogen) atoms. The number of amides is 1. The predicted molar refractivity (Wildman–Crippen MR) is 76.8 cm³/mol. The van der Waals surface area contributed by atoms with E-state index in [1.165, 1.54) is 6.08 Å². The largest absolute Gasteiger partial charge is 0.391 e. The van der Waals surface area contributed by atoms with Gasteiger partial charge in [0.15, 0.2) is 0 Å². The van der Waals surface area contributed by atoms with Gasteiger partial charge in [-0.15, -0.1) is 11.6 Å². The number of carbonyl (C=O) groups excluding carboxylic acids is 1. The maximum Gasteiger partial charge on any atom is 0.243 e. The molecule has 106 valence electrons. The van der Waals surface area contributed by atoms with Crippen LogP contribution in [-0.2, 0) is 4.79 Å². The summed E-state index contributed by atoms with van der Waals surface area (Å²) in [5.74, 6) is 0.267. The standard InChI is InChI=1S/C14H26ClNO2/c1-4-5-6-7-13(17)12(15)8-9-14(18)16-10-11(2)3/h8-9,11-13,17H,4-7,10H2,1-3H3,(H,16,18)/b9-8+. The average Bonchev–Trinajstić information content (AvgIpc) is 2.33. The first-order valence-corrected chi connectivity index (χ1v) is 7.19. The SMILES string of the molecule is CCCCCC(O)C(Cl)/C=C/C(=O)NCC(C)C. The second kappa shape index (κ2) is 10.4. The fourth-order valence-corrected chi connectivity index (χ4v) is 1.63. The van der Waals surface area contributed by atoms with Crippen LogP contribution >= 0.6 is 11.6 Å². The first-order chi connectivity index (χ1) is 8.47. The van der Waals surface area contributed by atoms with E-state index < -0.39 is 11.5 Å². The summed E-state index contributed by atoms with van der Waals surface area (Å²) < 4.78 is 0. The summed E-state index contributed by atoms with van der Waals surface area (Å²) in [6.07, 6.45) is 6.25. The molecule has 4 heteroatoms. The van der Waals surface area contributed by atoms with E-state index in [4.69, 9.17) is 11.6 Å². The van der Waals surface area contributed by atoms with Crippen LogP contribution in [0.2, 0.25) is 0 Å². The van der Waals surface area contributed by atoms with E-state index in [0.717, 1.165) is 19.3 Å². The summed E-state index contributed by atoms with van der Waals surface area (Å²) in [6, 6.07) is 0. The molecule has 0 aromatic carbocycles. The van der Waals surface area contributed by atoms with Gasteiger partial charge >= 0.3 is 0 Å².